The fourth-order valence-electron chi connectivity index (χ4n) is 2.25. The molecule has 1 amide bonds. The third-order valence-electron chi connectivity index (χ3n) is 3.53. The number of carbonyl (C=O) groups is 2. The van der Waals surface area contributed by atoms with E-state index < -0.39 is 29.3 Å². The van der Waals surface area contributed by atoms with Gasteiger partial charge in [0.1, 0.15) is 31.2 Å². The van der Waals surface area contributed by atoms with Gasteiger partial charge in [0.25, 0.3) is 5.56 Å². The van der Waals surface area contributed by atoms with Gasteiger partial charge < -0.3 is 20.5 Å². The molecule has 0 aliphatic heterocycles. The summed E-state index contributed by atoms with van der Waals surface area (Å²) in [5.41, 5.74) is 4.35. The molecule has 0 saturated heterocycles. The van der Waals surface area contributed by atoms with Gasteiger partial charge >= 0.3 is 12.1 Å². The van der Waals surface area contributed by atoms with Crippen LogP contribution in [0.1, 0.15) is 34.6 Å². The second-order valence-electron chi connectivity index (χ2n) is 7.63. The summed E-state index contributed by atoms with van der Waals surface area (Å²) in [6, 6.07) is -0.891. The highest BCUT2D eigenvalue weighted by Gasteiger charge is 2.28. The number of esters is 1. The first-order valence-corrected chi connectivity index (χ1v) is 9.17. The molecule has 0 unspecified atom stereocenters. The van der Waals surface area contributed by atoms with Gasteiger partial charge in [-0.3, -0.25) is 9.78 Å². The van der Waals surface area contributed by atoms with Gasteiger partial charge in [0, 0.05) is 0 Å². The molecule has 0 aliphatic rings. The molecule has 0 fully saturated rings. The Kier molecular flexibility index (Phi) is 7.21. The van der Waals surface area contributed by atoms with Crippen LogP contribution in [-0.2, 0) is 19.2 Å². The van der Waals surface area contributed by atoms with Crippen LogP contribution in [0.4, 0.5) is 10.7 Å². The topological polar surface area (TPSA) is 173 Å². The van der Waals surface area contributed by atoms with Crippen LogP contribution in [0.2, 0.25) is 0 Å². The average Bonchev–Trinajstić information content (AvgIpc) is 3.00. The molecule has 4 N–H and O–H groups in total. The molecule has 0 aliphatic carbocycles. The number of carbonyl (C=O) groups excluding carboxylic acids is 2. The highest BCUT2D eigenvalue weighted by Crippen LogP contribution is 2.10. The molecule has 166 valence electrons. The summed E-state index contributed by atoms with van der Waals surface area (Å²) in [6.45, 7) is 8.38. The average molecular weight is 426 g/mol. The van der Waals surface area contributed by atoms with Crippen molar-refractivity contribution in [2.75, 3.05) is 18.9 Å². The van der Waals surface area contributed by atoms with Crippen LogP contribution in [-0.4, -0.2) is 56.6 Å². The number of alkyl carbamates (subject to hydrolysis) is 1. The van der Waals surface area contributed by atoms with Crippen molar-refractivity contribution in [3.8, 4) is 0 Å². The number of nitrogens with two attached hydrogens (primary N) is 1. The number of ether oxygens (including phenoxy) is 2. The summed E-state index contributed by atoms with van der Waals surface area (Å²) < 4.78 is 11.3. The minimum Gasteiger partial charge on any atom is -0.462 e. The van der Waals surface area contributed by atoms with Crippen LogP contribution < -0.4 is 21.6 Å². The van der Waals surface area contributed by atoms with Crippen LogP contribution in [0, 0.1) is 5.92 Å². The van der Waals surface area contributed by atoms with E-state index in [1.165, 1.54) is 6.33 Å². The fourth-order valence-corrected chi connectivity index (χ4v) is 2.25. The molecule has 13 nitrogen and oxygen atoms in total. The Labute approximate surface area is 171 Å². The second kappa shape index (κ2) is 9.43. The van der Waals surface area contributed by atoms with E-state index in [-0.39, 0.29) is 36.2 Å². The lowest BCUT2D eigenvalue weighted by Gasteiger charge is -2.24. The van der Waals surface area contributed by atoms with Crippen molar-refractivity contribution in [1.29, 1.82) is 0 Å². The van der Waals surface area contributed by atoms with Crippen molar-refractivity contribution in [3.05, 3.63) is 16.7 Å². The maximum atomic E-state index is 12.3. The number of nitrogens with one attached hydrogen (secondary N) is 2. The largest absolute Gasteiger partial charge is 0.462 e. The quantitative estimate of drug-likeness (QED) is 0.228. The Morgan fingerprint density at radius 1 is 1.30 bits per heavy atom. The van der Waals surface area contributed by atoms with Gasteiger partial charge in [-0.05, 0) is 26.7 Å². The van der Waals surface area contributed by atoms with Gasteiger partial charge in [0.05, 0.1) is 0 Å². The van der Waals surface area contributed by atoms with E-state index in [4.69, 9.17) is 25.1 Å². The van der Waals surface area contributed by atoms with E-state index in [2.05, 4.69) is 20.3 Å². The van der Waals surface area contributed by atoms with Crippen molar-refractivity contribution in [1.82, 2.24) is 25.0 Å². The van der Waals surface area contributed by atoms with Gasteiger partial charge in [-0.15, -0.1) is 4.73 Å². The first kappa shape index (κ1) is 22.9. The molecule has 2 aromatic rings. The molecule has 13 heteroatoms. The Balaban J connectivity index is 1.82. The first-order valence-electron chi connectivity index (χ1n) is 9.17. The summed E-state index contributed by atoms with van der Waals surface area (Å²) in [4.78, 5) is 55.8. The van der Waals surface area contributed by atoms with Crippen molar-refractivity contribution >= 4 is 29.2 Å². The summed E-state index contributed by atoms with van der Waals surface area (Å²) >= 11 is 0. The lowest BCUT2D eigenvalue weighted by molar-refractivity contribution is -0.294. The number of nitrogen functional groups attached to an aromatic ring is 1. The molecule has 2 heterocycles. The zero-order valence-corrected chi connectivity index (χ0v) is 17.4. The number of aromatic amines is 1. The number of anilines is 1. The van der Waals surface area contributed by atoms with E-state index in [1.54, 1.807) is 34.6 Å². The summed E-state index contributed by atoms with van der Waals surface area (Å²) in [5, 5.41) is 2.49. The highest BCUT2D eigenvalue weighted by molar-refractivity contribution is 5.81. The van der Waals surface area contributed by atoms with Crippen LogP contribution in [0.3, 0.4) is 0 Å². The van der Waals surface area contributed by atoms with E-state index in [1.807, 2.05) is 0 Å². The number of H-pyrrole nitrogens is 1. The molecule has 2 rings (SSSR count). The van der Waals surface area contributed by atoms with Crippen LogP contribution >= 0.6 is 0 Å². The van der Waals surface area contributed by atoms with Crippen molar-refractivity contribution in [2.45, 2.75) is 46.3 Å². The number of nitrogens with zero attached hydrogens (tertiary/aromatic N) is 3. The zero-order valence-electron chi connectivity index (χ0n) is 17.4. The van der Waals surface area contributed by atoms with Crippen molar-refractivity contribution in [2.24, 2.45) is 5.92 Å². The van der Waals surface area contributed by atoms with Crippen LogP contribution in [0.15, 0.2) is 11.1 Å². The molecule has 0 bridgehead atoms. The molecule has 2 aromatic heterocycles. The van der Waals surface area contributed by atoms with Crippen LogP contribution in [0.5, 0.6) is 0 Å². The summed E-state index contributed by atoms with van der Waals surface area (Å²) in [5.74, 6) is -0.980. The maximum Gasteiger partial charge on any atom is 0.408 e. The number of hydrogen-bond donors (Lipinski definition) is 3. The number of imidazole rings is 1. The molecule has 0 spiro atoms. The maximum absolute atomic E-state index is 12.3. The third kappa shape index (κ3) is 6.34. The number of rotatable bonds is 8. The molecule has 30 heavy (non-hydrogen) atoms. The van der Waals surface area contributed by atoms with Gasteiger partial charge in [-0.2, -0.15) is 9.87 Å². The Hall–Kier alpha value is -3.35. The van der Waals surface area contributed by atoms with E-state index in [0.29, 0.717) is 0 Å². The van der Waals surface area contributed by atoms with Crippen molar-refractivity contribution < 1.29 is 28.9 Å². The Morgan fingerprint density at radius 2 is 2.00 bits per heavy atom. The monoisotopic (exact) mass is 426 g/mol. The predicted octanol–water partition coefficient (Wildman–Crippen LogP) is 0.155. The molecular weight excluding hydrogens is 400 g/mol. The lowest BCUT2D eigenvalue weighted by Crippen LogP contribution is -2.47. The fraction of sp³-hybridized carbons (Fsp3) is 0.588. The van der Waals surface area contributed by atoms with Gasteiger partial charge in [-0.1, -0.05) is 13.8 Å². The molecule has 0 aromatic carbocycles. The summed E-state index contributed by atoms with van der Waals surface area (Å²) in [6.07, 6.45) is 0.462. The minimum absolute atomic E-state index is 0.0206. The molecular formula is C17H26N6O7. The van der Waals surface area contributed by atoms with Gasteiger partial charge in [0.15, 0.2) is 5.52 Å². The van der Waals surface area contributed by atoms with E-state index in [9.17, 15) is 14.4 Å². The normalized spacial score (nSPS) is 12.6. The number of fused-ring (bicyclic) bond motifs is 1. The molecule has 0 saturated carbocycles. The predicted molar refractivity (Wildman–Crippen MR) is 104 cm³/mol. The van der Waals surface area contributed by atoms with Crippen molar-refractivity contribution in [3.63, 3.8) is 0 Å². The van der Waals surface area contributed by atoms with Gasteiger partial charge in [0.2, 0.25) is 11.6 Å². The number of hydrogen-bond acceptors (Lipinski definition) is 10. The lowest BCUT2D eigenvalue weighted by atomic mass is 10.1. The van der Waals surface area contributed by atoms with E-state index in [0.717, 1.165) is 4.73 Å². The molecule has 1 atom stereocenters. The highest BCUT2D eigenvalue weighted by atomic mass is 17.3. The number of aromatic nitrogens is 4. The standard InChI is InChI=1S/C17H26N6O7/c1-9(2)10(20-16(26)29-17(3,4)5)14(25)27-6-7-28-30-23-8-19-11-12(23)21-15(18)22-13(11)24/h8-10H,6-7H2,1-5H3,(H,20,26)(H3,18,21,22,24)/t10-/m1/s1. The Bertz CT molecular complexity index is 946. The Morgan fingerprint density at radius 3 is 2.63 bits per heavy atom. The minimum atomic E-state index is -0.891. The molecule has 0 radical (unpaired) electrons. The second-order valence-corrected chi connectivity index (χ2v) is 7.63. The van der Waals surface area contributed by atoms with E-state index >= 15 is 0 Å². The SMILES string of the molecule is CC(C)[C@@H](NC(=O)OC(C)(C)C)C(=O)OCCOOn1cnc2c(=O)[nH]c(N)nc21. The van der Waals surface area contributed by atoms with Gasteiger partial charge in [-0.25, -0.2) is 19.6 Å². The zero-order chi connectivity index (χ0) is 22.5. The van der Waals surface area contributed by atoms with Crippen LogP contribution in [0.25, 0.3) is 11.2 Å². The number of amides is 1. The smallest absolute Gasteiger partial charge is 0.408 e. The third-order valence-corrected chi connectivity index (χ3v) is 3.53. The first-order chi connectivity index (χ1) is 14.0. The summed E-state index contributed by atoms with van der Waals surface area (Å²) in [7, 11) is 0.